The molecule has 1 aliphatic rings. The van der Waals surface area contributed by atoms with Crippen LogP contribution in [0.25, 0.3) is 6.08 Å². The van der Waals surface area contributed by atoms with E-state index in [9.17, 15) is 13.2 Å². The molecule has 37 heavy (non-hydrogen) atoms. The summed E-state index contributed by atoms with van der Waals surface area (Å²) in [6, 6.07) is 24.6. The van der Waals surface area contributed by atoms with Crippen LogP contribution in [0.1, 0.15) is 29.0 Å². The smallest absolute Gasteiger partial charge is 0.267 e. The summed E-state index contributed by atoms with van der Waals surface area (Å²) in [7, 11) is -3.57. The van der Waals surface area contributed by atoms with Crippen molar-refractivity contribution in [1.29, 1.82) is 0 Å². The summed E-state index contributed by atoms with van der Waals surface area (Å²) in [5.41, 5.74) is 6.01. The van der Waals surface area contributed by atoms with Crippen LogP contribution in [-0.2, 0) is 21.4 Å². The molecule has 3 aromatic rings. The second-order valence-electron chi connectivity index (χ2n) is 8.99. The van der Waals surface area contributed by atoms with Crippen molar-refractivity contribution >= 4 is 27.7 Å². The van der Waals surface area contributed by atoms with E-state index in [1.165, 1.54) is 17.3 Å². The number of para-hydroxylation sites is 1. The molecule has 1 heterocycles. The highest BCUT2D eigenvalue weighted by molar-refractivity contribution is 7.89. The zero-order valence-electron chi connectivity index (χ0n) is 20.5. The lowest BCUT2D eigenvalue weighted by atomic mass is 9.97. The summed E-state index contributed by atoms with van der Waals surface area (Å²) in [4.78, 5) is 13.7. The number of anilines is 1. The number of amides is 1. The van der Waals surface area contributed by atoms with E-state index in [0.29, 0.717) is 25.6 Å². The first kappa shape index (κ1) is 26.6. The number of fused-ring (bicyclic) bond motifs is 1. The monoisotopic (exact) mass is 520 g/mol. The number of nitrogens with one attached hydrogen (secondary N) is 3. The van der Waals surface area contributed by atoms with Gasteiger partial charge in [0, 0.05) is 43.9 Å². The van der Waals surface area contributed by atoms with Gasteiger partial charge in [0.1, 0.15) is 0 Å². The molecule has 0 spiro atoms. The normalized spacial score (nSPS) is 15.0. The minimum absolute atomic E-state index is 0.258. The van der Waals surface area contributed by atoms with Gasteiger partial charge < -0.3 is 5.32 Å². The van der Waals surface area contributed by atoms with Crippen molar-refractivity contribution in [1.82, 2.24) is 15.1 Å². The van der Waals surface area contributed by atoms with Crippen LogP contribution in [-0.4, -0.2) is 50.6 Å². The second kappa shape index (κ2) is 12.6. The topological polar surface area (TPSA) is 111 Å². The van der Waals surface area contributed by atoms with E-state index in [-0.39, 0.29) is 4.90 Å². The van der Waals surface area contributed by atoms with E-state index in [2.05, 4.69) is 33.1 Å². The molecule has 0 aliphatic carbocycles. The third kappa shape index (κ3) is 7.50. The third-order valence-corrected chi connectivity index (χ3v) is 7.91. The molecule has 1 unspecified atom stereocenters. The maximum absolute atomic E-state index is 12.7. The van der Waals surface area contributed by atoms with E-state index < -0.39 is 15.9 Å². The quantitative estimate of drug-likeness (QED) is 0.165. The average Bonchev–Trinajstić information content (AvgIpc) is 3.34. The van der Waals surface area contributed by atoms with Crippen LogP contribution in [0.2, 0.25) is 0 Å². The fraction of sp³-hybridized carbons (Fsp3) is 0.250. The summed E-state index contributed by atoms with van der Waals surface area (Å²) < 4.78 is 28.0. The van der Waals surface area contributed by atoms with Crippen molar-refractivity contribution in [2.24, 2.45) is 0 Å². The van der Waals surface area contributed by atoms with Gasteiger partial charge in [-0.05, 0) is 53.9 Å². The summed E-state index contributed by atoms with van der Waals surface area (Å²) in [6.07, 6.45) is 3.83. The molecule has 3 aromatic carbocycles. The van der Waals surface area contributed by atoms with Gasteiger partial charge in [0.2, 0.25) is 10.0 Å². The van der Waals surface area contributed by atoms with Crippen LogP contribution in [0, 0.1) is 0 Å². The number of hydroxylamine groups is 1. The maximum atomic E-state index is 12.7. The number of nitrogens with zero attached hydrogens (tertiary/aromatic N) is 1. The minimum atomic E-state index is -3.57. The second-order valence-corrected chi connectivity index (χ2v) is 10.8. The van der Waals surface area contributed by atoms with Gasteiger partial charge in [-0.2, -0.15) is 0 Å². The van der Waals surface area contributed by atoms with Gasteiger partial charge in [-0.15, -0.1) is 0 Å². The highest BCUT2D eigenvalue weighted by Crippen LogP contribution is 2.33. The number of rotatable bonds is 12. The zero-order chi connectivity index (χ0) is 26.1. The molecule has 0 saturated carbocycles. The lowest BCUT2D eigenvalue weighted by Crippen LogP contribution is -2.35. The Kier molecular flexibility index (Phi) is 9.08. The molecule has 0 saturated heterocycles. The Bertz CT molecular complexity index is 1310. The Morgan fingerprint density at radius 2 is 1.73 bits per heavy atom. The Hall–Kier alpha value is -3.50. The molecule has 1 aliphatic heterocycles. The molecule has 9 heteroatoms. The zero-order valence-corrected chi connectivity index (χ0v) is 21.3. The van der Waals surface area contributed by atoms with E-state index >= 15 is 0 Å². The van der Waals surface area contributed by atoms with Gasteiger partial charge in [-0.1, -0.05) is 60.7 Å². The molecule has 1 amide bonds. The van der Waals surface area contributed by atoms with Crippen molar-refractivity contribution in [2.45, 2.75) is 23.8 Å². The van der Waals surface area contributed by atoms with Crippen LogP contribution < -0.4 is 15.5 Å². The largest absolute Gasteiger partial charge is 0.384 e. The Labute approximate surface area is 218 Å². The predicted molar refractivity (Wildman–Crippen MR) is 145 cm³/mol. The first-order chi connectivity index (χ1) is 17.9. The lowest BCUT2D eigenvalue weighted by molar-refractivity contribution is -0.124. The number of hydrogen-bond donors (Lipinski definition) is 4. The lowest BCUT2D eigenvalue weighted by Gasteiger charge is -2.24. The Morgan fingerprint density at radius 1 is 1.00 bits per heavy atom. The van der Waals surface area contributed by atoms with Crippen molar-refractivity contribution in [2.75, 3.05) is 31.5 Å². The average molecular weight is 521 g/mol. The fourth-order valence-electron chi connectivity index (χ4n) is 4.45. The summed E-state index contributed by atoms with van der Waals surface area (Å²) in [5.74, 6) is -0.180. The third-order valence-electron chi connectivity index (χ3n) is 6.43. The maximum Gasteiger partial charge on any atom is 0.267 e. The van der Waals surface area contributed by atoms with Crippen LogP contribution in [0.4, 0.5) is 5.69 Å². The molecular formula is C28H32N4O4S. The van der Waals surface area contributed by atoms with Crippen molar-refractivity contribution in [3.63, 3.8) is 0 Å². The summed E-state index contributed by atoms with van der Waals surface area (Å²) in [5, 5.41) is 12.1. The minimum Gasteiger partial charge on any atom is -0.384 e. The molecule has 4 N–H and O–H groups in total. The molecule has 0 radical (unpaired) electrons. The van der Waals surface area contributed by atoms with Crippen molar-refractivity contribution < 1.29 is 18.4 Å². The van der Waals surface area contributed by atoms with E-state index in [4.69, 9.17) is 5.21 Å². The number of sulfonamides is 1. The van der Waals surface area contributed by atoms with Crippen LogP contribution >= 0.6 is 0 Å². The van der Waals surface area contributed by atoms with E-state index in [0.717, 1.165) is 30.6 Å². The van der Waals surface area contributed by atoms with Gasteiger partial charge >= 0.3 is 0 Å². The van der Waals surface area contributed by atoms with Gasteiger partial charge in [-0.3, -0.25) is 14.9 Å². The van der Waals surface area contributed by atoms with Crippen LogP contribution in [0.3, 0.4) is 0 Å². The Morgan fingerprint density at radius 3 is 2.49 bits per heavy atom. The van der Waals surface area contributed by atoms with Gasteiger partial charge in [0.25, 0.3) is 5.91 Å². The van der Waals surface area contributed by atoms with Crippen LogP contribution in [0.15, 0.2) is 89.8 Å². The molecule has 194 valence electrons. The molecule has 0 aromatic heterocycles. The number of hydrogen-bond acceptors (Lipinski definition) is 6. The summed E-state index contributed by atoms with van der Waals surface area (Å²) in [6.45, 7) is 3.23. The number of carbonyl (C=O) groups is 1. The van der Waals surface area contributed by atoms with Gasteiger partial charge in [-0.25, -0.2) is 18.6 Å². The molecule has 0 bridgehead atoms. The van der Waals surface area contributed by atoms with Crippen molar-refractivity contribution in [3.05, 3.63) is 102 Å². The fourth-order valence-corrected chi connectivity index (χ4v) is 5.49. The summed E-state index contributed by atoms with van der Waals surface area (Å²) >= 11 is 0. The molecule has 4 rings (SSSR count). The first-order valence-corrected chi connectivity index (χ1v) is 13.7. The highest BCUT2D eigenvalue weighted by atomic mass is 32.2. The number of carbonyl (C=O) groups excluding carboxylic acids is 1. The molecule has 0 fully saturated rings. The van der Waals surface area contributed by atoms with Gasteiger partial charge in [0.05, 0.1) is 4.90 Å². The molecular weight excluding hydrogens is 488 g/mol. The van der Waals surface area contributed by atoms with E-state index in [1.807, 2.05) is 30.3 Å². The van der Waals surface area contributed by atoms with Gasteiger partial charge in [0.15, 0.2) is 0 Å². The van der Waals surface area contributed by atoms with Crippen LogP contribution in [0.5, 0.6) is 0 Å². The SMILES string of the molecule is O=C(/C=C/c1ccc(CN(CCNS(=O)(=O)c2ccccc2)CCC2CNc3ccccc32)cc1)NO. The van der Waals surface area contributed by atoms with Crippen molar-refractivity contribution in [3.8, 4) is 0 Å². The molecule has 1 atom stereocenters. The first-order valence-electron chi connectivity index (χ1n) is 12.3. The highest BCUT2D eigenvalue weighted by Gasteiger charge is 2.22. The van der Waals surface area contributed by atoms with E-state index in [1.54, 1.807) is 41.9 Å². The standard InChI is InChI=1S/C28H32N4O4S/c33-28(31-34)15-14-22-10-12-23(13-11-22)21-32(18-16-24-20-29-27-9-5-4-8-26(24)27)19-17-30-37(35,36)25-6-2-1-3-7-25/h1-15,24,29-30,34H,16-21H2,(H,31,33)/b15-14+. The molecule has 8 nitrogen and oxygen atoms in total. The Balaban J connectivity index is 1.40. The predicted octanol–water partition coefficient (Wildman–Crippen LogP) is 3.59. The number of benzene rings is 3.